The predicted molar refractivity (Wildman–Crippen MR) is 129 cm³/mol. The number of carbonyl (C=O) groups is 1. The van der Waals surface area contributed by atoms with E-state index in [2.05, 4.69) is 16.1 Å². The second-order valence-electron chi connectivity index (χ2n) is 8.16. The van der Waals surface area contributed by atoms with E-state index in [0.29, 0.717) is 17.7 Å². The Kier molecular flexibility index (Phi) is 6.96. The Labute approximate surface area is 196 Å². The number of nitrogens with one attached hydrogen (secondary N) is 2. The standard InChI is InChI=1S/C23H27N3O5S2/c1-26-20-11-10-16(14-21(20)31-23(26)28)33(29,30)25-19(12-13-32-2)22(27)24-18-9-5-7-15-6-3-4-8-17(15)18/h3-4,6,8,10-11,14,18-19,25H,5,7,9,12-13H2,1-2H3,(H,24,27). The summed E-state index contributed by atoms with van der Waals surface area (Å²) >= 11 is 1.54. The highest BCUT2D eigenvalue weighted by Crippen LogP contribution is 2.29. The molecule has 3 aromatic rings. The number of hydrogen-bond donors (Lipinski definition) is 2. The number of thioether (sulfide) groups is 1. The monoisotopic (exact) mass is 489 g/mol. The second kappa shape index (κ2) is 9.74. The Morgan fingerprint density at radius 1 is 1.27 bits per heavy atom. The van der Waals surface area contributed by atoms with Gasteiger partial charge in [0.05, 0.1) is 16.5 Å². The lowest BCUT2D eigenvalue weighted by atomic mass is 9.87. The molecular formula is C23H27N3O5S2. The maximum Gasteiger partial charge on any atom is 0.419 e. The molecular weight excluding hydrogens is 462 g/mol. The highest BCUT2D eigenvalue weighted by atomic mass is 32.2. The van der Waals surface area contributed by atoms with Gasteiger partial charge in [0.1, 0.15) is 6.04 Å². The van der Waals surface area contributed by atoms with Gasteiger partial charge < -0.3 is 9.73 Å². The van der Waals surface area contributed by atoms with E-state index in [1.807, 2.05) is 24.5 Å². The number of carbonyl (C=O) groups excluding carboxylic acids is 1. The number of amides is 1. The molecule has 1 aliphatic rings. The van der Waals surface area contributed by atoms with E-state index in [0.717, 1.165) is 24.8 Å². The molecule has 2 aromatic carbocycles. The molecule has 0 spiro atoms. The SMILES string of the molecule is CSCCC(NS(=O)(=O)c1ccc2c(c1)oc(=O)n2C)C(=O)NC1CCCc2ccccc21. The van der Waals surface area contributed by atoms with Crippen LogP contribution in [0.4, 0.5) is 0 Å². The quantitative estimate of drug-likeness (QED) is 0.503. The van der Waals surface area contributed by atoms with E-state index in [9.17, 15) is 18.0 Å². The first-order valence-corrected chi connectivity index (χ1v) is 13.7. The smallest absolute Gasteiger partial charge is 0.408 e. The number of benzene rings is 2. The lowest BCUT2D eigenvalue weighted by molar-refractivity contribution is -0.123. The Hall–Kier alpha value is -2.56. The average molecular weight is 490 g/mol. The van der Waals surface area contributed by atoms with Gasteiger partial charge in [-0.15, -0.1) is 0 Å². The molecule has 0 saturated carbocycles. The third-order valence-electron chi connectivity index (χ3n) is 5.98. The van der Waals surface area contributed by atoms with Crippen molar-refractivity contribution in [2.45, 2.75) is 42.7 Å². The number of sulfonamides is 1. The Morgan fingerprint density at radius 2 is 2.06 bits per heavy atom. The highest BCUT2D eigenvalue weighted by Gasteiger charge is 2.29. The van der Waals surface area contributed by atoms with Gasteiger partial charge in [-0.2, -0.15) is 16.5 Å². The number of fused-ring (bicyclic) bond motifs is 2. The summed E-state index contributed by atoms with van der Waals surface area (Å²) in [4.78, 5) is 24.9. The van der Waals surface area contributed by atoms with Crippen molar-refractivity contribution in [3.63, 3.8) is 0 Å². The Morgan fingerprint density at radius 3 is 2.85 bits per heavy atom. The molecule has 0 fully saturated rings. The van der Waals surface area contributed by atoms with Crippen molar-refractivity contribution in [1.82, 2.24) is 14.6 Å². The molecule has 1 heterocycles. The second-order valence-corrected chi connectivity index (χ2v) is 10.9. The van der Waals surface area contributed by atoms with Gasteiger partial charge in [-0.05, 0) is 61.0 Å². The van der Waals surface area contributed by atoms with Crippen LogP contribution >= 0.6 is 11.8 Å². The molecule has 1 aromatic heterocycles. The summed E-state index contributed by atoms with van der Waals surface area (Å²) in [5.74, 6) is -0.298. The third-order valence-corrected chi connectivity index (χ3v) is 8.10. The molecule has 1 aliphatic carbocycles. The molecule has 2 unspecified atom stereocenters. The van der Waals surface area contributed by atoms with Crippen molar-refractivity contribution in [2.75, 3.05) is 12.0 Å². The van der Waals surface area contributed by atoms with Crippen LogP contribution in [0.15, 0.2) is 56.6 Å². The van der Waals surface area contributed by atoms with Gasteiger partial charge in [0.2, 0.25) is 15.9 Å². The van der Waals surface area contributed by atoms with E-state index in [4.69, 9.17) is 4.42 Å². The van der Waals surface area contributed by atoms with Crippen LogP contribution in [0.2, 0.25) is 0 Å². The molecule has 0 bridgehead atoms. The highest BCUT2D eigenvalue weighted by molar-refractivity contribution is 7.98. The van der Waals surface area contributed by atoms with Gasteiger partial charge in [-0.1, -0.05) is 24.3 Å². The summed E-state index contributed by atoms with van der Waals surface area (Å²) in [6.07, 6.45) is 5.01. The predicted octanol–water partition coefficient (Wildman–Crippen LogP) is 2.73. The van der Waals surface area contributed by atoms with Gasteiger partial charge in [-0.3, -0.25) is 9.36 Å². The van der Waals surface area contributed by atoms with Crippen LogP contribution in [-0.4, -0.2) is 36.9 Å². The van der Waals surface area contributed by atoms with E-state index >= 15 is 0 Å². The lowest BCUT2D eigenvalue weighted by Gasteiger charge is -2.28. The van der Waals surface area contributed by atoms with E-state index in [-0.39, 0.29) is 22.4 Å². The van der Waals surface area contributed by atoms with Crippen molar-refractivity contribution in [3.05, 3.63) is 64.1 Å². The summed E-state index contributed by atoms with van der Waals surface area (Å²) < 4.78 is 35.2. The van der Waals surface area contributed by atoms with Crippen LogP contribution in [0.1, 0.15) is 36.4 Å². The van der Waals surface area contributed by atoms with Gasteiger partial charge in [0, 0.05) is 13.1 Å². The van der Waals surface area contributed by atoms with Crippen molar-refractivity contribution in [2.24, 2.45) is 7.05 Å². The molecule has 0 radical (unpaired) electrons. The number of nitrogens with zero attached hydrogens (tertiary/aromatic N) is 1. The van der Waals surface area contributed by atoms with Gasteiger partial charge in [0.15, 0.2) is 5.58 Å². The van der Waals surface area contributed by atoms with E-state index in [1.54, 1.807) is 18.8 Å². The molecule has 0 aliphatic heterocycles. The number of aromatic nitrogens is 1. The summed E-state index contributed by atoms with van der Waals surface area (Å²) in [6.45, 7) is 0. The lowest BCUT2D eigenvalue weighted by Crippen LogP contribution is -2.48. The fourth-order valence-electron chi connectivity index (χ4n) is 4.19. The molecule has 176 valence electrons. The summed E-state index contributed by atoms with van der Waals surface area (Å²) in [5, 5.41) is 3.06. The van der Waals surface area contributed by atoms with E-state index < -0.39 is 21.8 Å². The summed E-state index contributed by atoms with van der Waals surface area (Å²) in [5.41, 5.74) is 2.97. The molecule has 2 N–H and O–H groups in total. The van der Waals surface area contributed by atoms with Gasteiger partial charge >= 0.3 is 5.76 Å². The first-order chi connectivity index (χ1) is 15.8. The number of hydrogen-bond acceptors (Lipinski definition) is 6. The Bertz CT molecular complexity index is 1330. The minimum Gasteiger partial charge on any atom is -0.408 e. The summed E-state index contributed by atoms with van der Waals surface area (Å²) in [6, 6.07) is 11.2. The molecule has 2 atom stereocenters. The van der Waals surface area contributed by atoms with Gasteiger partial charge in [0.25, 0.3) is 0 Å². The van der Waals surface area contributed by atoms with Crippen LogP contribution in [0.3, 0.4) is 0 Å². The minimum absolute atomic E-state index is 0.0608. The maximum absolute atomic E-state index is 13.2. The zero-order valence-corrected chi connectivity index (χ0v) is 20.2. The van der Waals surface area contributed by atoms with Gasteiger partial charge in [-0.25, -0.2) is 13.2 Å². The third kappa shape index (κ3) is 5.02. The Balaban J connectivity index is 1.56. The van der Waals surface area contributed by atoms with Crippen LogP contribution in [0.25, 0.3) is 11.1 Å². The maximum atomic E-state index is 13.2. The zero-order chi connectivity index (χ0) is 23.6. The normalized spacial score (nSPS) is 17.0. The van der Waals surface area contributed by atoms with Crippen molar-refractivity contribution in [3.8, 4) is 0 Å². The molecule has 0 saturated heterocycles. The van der Waals surface area contributed by atoms with Crippen LogP contribution in [0.5, 0.6) is 0 Å². The zero-order valence-electron chi connectivity index (χ0n) is 18.5. The first-order valence-electron chi connectivity index (χ1n) is 10.8. The summed E-state index contributed by atoms with van der Waals surface area (Å²) in [7, 11) is -2.47. The first kappa shape index (κ1) is 23.6. The molecule has 1 amide bonds. The minimum atomic E-state index is -4.02. The van der Waals surface area contributed by atoms with Crippen LogP contribution in [0, 0.1) is 0 Å². The number of aryl methyl sites for hydroxylation is 2. The molecule has 33 heavy (non-hydrogen) atoms. The van der Waals surface area contributed by atoms with Crippen molar-refractivity contribution >= 4 is 38.8 Å². The fraction of sp³-hybridized carbons (Fsp3) is 0.391. The molecule has 8 nitrogen and oxygen atoms in total. The van der Waals surface area contributed by atoms with Crippen molar-refractivity contribution in [1.29, 1.82) is 0 Å². The van der Waals surface area contributed by atoms with E-state index in [1.165, 1.54) is 28.3 Å². The average Bonchev–Trinajstić information content (AvgIpc) is 3.09. The van der Waals surface area contributed by atoms with Crippen LogP contribution < -0.4 is 15.8 Å². The fourth-order valence-corrected chi connectivity index (χ4v) is 5.91. The van der Waals surface area contributed by atoms with Crippen molar-refractivity contribution < 1.29 is 17.6 Å². The molecule has 10 heteroatoms. The number of rotatable bonds is 8. The molecule has 4 rings (SSSR count). The van der Waals surface area contributed by atoms with Crippen LogP contribution in [-0.2, 0) is 28.3 Å². The number of oxazole rings is 1. The largest absolute Gasteiger partial charge is 0.419 e. The topological polar surface area (TPSA) is 110 Å².